The lowest BCUT2D eigenvalue weighted by Gasteiger charge is -2.08. The van der Waals surface area contributed by atoms with E-state index < -0.39 is 10.5 Å². The molecule has 0 heterocycles. The topological polar surface area (TPSA) is 55.4 Å². The highest BCUT2D eigenvalue weighted by Gasteiger charge is 2.09. The number of benzene rings is 2. The summed E-state index contributed by atoms with van der Waals surface area (Å²) in [6, 6.07) is 14.1. The zero-order valence-electron chi connectivity index (χ0n) is 10.2. The quantitative estimate of drug-likeness (QED) is 0.609. The molecule has 0 saturated carbocycles. The van der Waals surface area contributed by atoms with E-state index in [0.29, 0.717) is 6.54 Å². The largest absolute Gasteiger partial charge is 0.488 e. The molecule has 0 bridgehead atoms. The van der Waals surface area contributed by atoms with Gasteiger partial charge in [0.2, 0.25) is 0 Å². The van der Waals surface area contributed by atoms with Gasteiger partial charge in [-0.1, -0.05) is 22.1 Å². The second-order valence-corrected chi connectivity index (χ2v) is 6.19. The third-order valence-electron chi connectivity index (χ3n) is 2.42. The maximum absolute atomic E-state index is 12.4. The van der Waals surface area contributed by atoms with Crippen LogP contribution in [0.4, 0.5) is 9.57 Å². The summed E-state index contributed by atoms with van der Waals surface area (Å²) in [5, 5.41) is 3.19. The lowest BCUT2D eigenvalue weighted by Crippen LogP contribution is -2.03. The molecule has 0 fully saturated rings. The van der Waals surface area contributed by atoms with Crippen LogP contribution in [0.1, 0.15) is 5.56 Å². The predicted octanol–water partition coefficient (Wildman–Crippen LogP) is 3.50. The highest BCUT2D eigenvalue weighted by molar-refractivity contribution is 14.1. The molecular formula is C13H11FINO3S. The summed E-state index contributed by atoms with van der Waals surface area (Å²) in [6.07, 6.45) is 0. The second-order valence-electron chi connectivity index (χ2n) is 3.99. The van der Waals surface area contributed by atoms with Crippen LogP contribution in [0.5, 0.6) is 5.75 Å². The molecule has 0 aromatic heterocycles. The van der Waals surface area contributed by atoms with E-state index in [4.69, 9.17) is 0 Å². The van der Waals surface area contributed by atoms with E-state index in [2.05, 4.69) is 32.1 Å². The van der Waals surface area contributed by atoms with Gasteiger partial charge in [-0.3, -0.25) is 0 Å². The van der Waals surface area contributed by atoms with Crippen LogP contribution in [0.25, 0.3) is 0 Å². The fourth-order valence-electron chi connectivity index (χ4n) is 1.62. The monoisotopic (exact) mass is 407 g/mol. The van der Waals surface area contributed by atoms with E-state index >= 15 is 0 Å². The molecule has 2 aromatic carbocycles. The summed E-state index contributed by atoms with van der Waals surface area (Å²) in [4.78, 5) is 0. The van der Waals surface area contributed by atoms with Crippen molar-refractivity contribution in [3.8, 4) is 5.75 Å². The number of halogens is 2. The summed E-state index contributed by atoms with van der Waals surface area (Å²) in [5.41, 5.74) is 1.73. The molecule has 2 rings (SSSR count). The van der Waals surface area contributed by atoms with Crippen LogP contribution in [0.15, 0.2) is 48.5 Å². The Bertz CT molecular complexity index is 706. The van der Waals surface area contributed by atoms with Crippen LogP contribution in [0.2, 0.25) is 0 Å². The maximum atomic E-state index is 12.4. The van der Waals surface area contributed by atoms with Crippen LogP contribution < -0.4 is 9.50 Å². The minimum atomic E-state index is -4.99. The molecule has 0 unspecified atom stereocenters. The molecular weight excluding hydrogens is 396 g/mol. The molecule has 0 radical (unpaired) electrons. The molecule has 2 aromatic rings. The third kappa shape index (κ3) is 4.97. The lowest BCUT2D eigenvalue weighted by molar-refractivity contribution is 0.440. The van der Waals surface area contributed by atoms with E-state index in [-0.39, 0.29) is 5.75 Å². The van der Waals surface area contributed by atoms with Crippen molar-refractivity contribution >= 4 is 38.8 Å². The molecule has 1 N–H and O–H groups in total. The van der Waals surface area contributed by atoms with Gasteiger partial charge in [0.15, 0.2) is 0 Å². The van der Waals surface area contributed by atoms with E-state index in [0.717, 1.165) is 14.8 Å². The van der Waals surface area contributed by atoms with Gasteiger partial charge in [-0.2, -0.15) is 8.42 Å². The van der Waals surface area contributed by atoms with Crippen LogP contribution in [0.3, 0.4) is 0 Å². The summed E-state index contributed by atoms with van der Waals surface area (Å²) in [6.45, 7) is 0.476. The van der Waals surface area contributed by atoms with Crippen LogP contribution in [-0.2, 0) is 17.0 Å². The molecule has 0 aliphatic carbocycles. The Morgan fingerprint density at radius 1 is 1.15 bits per heavy atom. The van der Waals surface area contributed by atoms with Gasteiger partial charge in [-0.05, 0) is 58.5 Å². The average molecular weight is 407 g/mol. The molecule has 0 aliphatic heterocycles. The van der Waals surface area contributed by atoms with Crippen molar-refractivity contribution in [3.05, 3.63) is 57.7 Å². The van der Waals surface area contributed by atoms with E-state index in [1.165, 1.54) is 12.1 Å². The van der Waals surface area contributed by atoms with Gasteiger partial charge in [-0.15, -0.1) is 0 Å². The normalized spacial score (nSPS) is 11.1. The standard InChI is InChI=1S/C13H11FINO3S/c14-20(17,18)19-13-6-1-3-10(7-13)9-16-12-5-2-4-11(15)8-12/h1-8,16H,9H2. The number of hydrogen-bond acceptors (Lipinski definition) is 4. The number of rotatable bonds is 5. The fraction of sp³-hybridized carbons (Fsp3) is 0.0769. The lowest BCUT2D eigenvalue weighted by atomic mass is 10.2. The Morgan fingerprint density at radius 3 is 2.60 bits per heavy atom. The highest BCUT2D eigenvalue weighted by atomic mass is 127. The molecule has 0 saturated heterocycles. The number of hydrogen-bond donors (Lipinski definition) is 1. The van der Waals surface area contributed by atoms with Gasteiger partial charge in [0, 0.05) is 15.8 Å². The summed E-state index contributed by atoms with van der Waals surface area (Å²) in [5.74, 6) is -0.0468. The van der Waals surface area contributed by atoms with Gasteiger partial charge >= 0.3 is 10.5 Å². The fourth-order valence-corrected chi connectivity index (χ4v) is 2.50. The average Bonchev–Trinajstić information content (AvgIpc) is 2.35. The summed E-state index contributed by atoms with van der Waals surface area (Å²) < 4.78 is 38.6. The minimum absolute atomic E-state index is 0.0468. The zero-order chi connectivity index (χ0) is 14.6. The first-order chi connectivity index (χ1) is 9.42. The zero-order valence-corrected chi connectivity index (χ0v) is 13.2. The van der Waals surface area contributed by atoms with Crippen LogP contribution >= 0.6 is 22.6 Å². The van der Waals surface area contributed by atoms with Crippen LogP contribution in [-0.4, -0.2) is 8.42 Å². The van der Waals surface area contributed by atoms with E-state index in [9.17, 15) is 12.3 Å². The van der Waals surface area contributed by atoms with E-state index in [1.807, 2.05) is 24.3 Å². The first kappa shape index (κ1) is 15.0. The Balaban J connectivity index is 2.05. The number of nitrogens with one attached hydrogen (secondary N) is 1. The van der Waals surface area contributed by atoms with Gasteiger partial charge < -0.3 is 9.50 Å². The first-order valence-corrected chi connectivity index (χ1v) is 8.03. The Hall–Kier alpha value is -1.35. The van der Waals surface area contributed by atoms with Gasteiger partial charge in [0.05, 0.1) is 0 Å². The van der Waals surface area contributed by atoms with E-state index in [1.54, 1.807) is 12.1 Å². The molecule has 7 heteroatoms. The van der Waals surface area contributed by atoms with Gasteiger partial charge in [-0.25, -0.2) is 0 Å². The third-order valence-corrected chi connectivity index (χ3v) is 3.48. The highest BCUT2D eigenvalue weighted by Crippen LogP contribution is 2.18. The molecule has 20 heavy (non-hydrogen) atoms. The van der Waals surface area contributed by atoms with Gasteiger partial charge in [0.25, 0.3) is 0 Å². The van der Waals surface area contributed by atoms with Crippen molar-refractivity contribution in [2.75, 3.05) is 5.32 Å². The Labute approximate surface area is 130 Å². The maximum Gasteiger partial charge on any atom is 0.488 e. The Morgan fingerprint density at radius 2 is 1.90 bits per heavy atom. The van der Waals surface area contributed by atoms with Gasteiger partial charge in [0.1, 0.15) is 5.75 Å². The van der Waals surface area contributed by atoms with Crippen molar-refractivity contribution in [3.63, 3.8) is 0 Å². The molecule has 0 amide bonds. The summed E-state index contributed by atoms with van der Waals surface area (Å²) in [7, 11) is -4.99. The molecule has 0 spiro atoms. The smallest absolute Gasteiger partial charge is 0.381 e. The Kier molecular flexibility index (Phi) is 4.81. The number of anilines is 1. The minimum Gasteiger partial charge on any atom is -0.381 e. The predicted molar refractivity (Wildman–Crippen MR) is 83.6 cm³/mol. The molecule has 0 aliphatic rings. The van der Waals surface area contributed by atoms with Crippen LogP contribution in [0, 0.1) is 3.57 Å². The van der Waals surface area contributed by atoms with Crippen molar-refractivity contribution in [2.45, 2.75) is 6.54 Å². The molecule has 4 nitrogen and oxygen atoms in total. The molecule has 106 valence electrons. The SMILES string of the molecule is O=S(=O)(F)Oc1cccc(CNc2cccc(I)c2)c1. The molecule has 0 atom stereocenters. The first-order valence-electron chi connectivity index (χ1n) is 5.65. The van der Waals surface area contributed by atoms with Crippen molar-refractivity contribution in [1.82, 2.24) is 0 Å². The second kappa shape index (κ2) is 6.40. The van der Waals surface area contributed by atoms with Crippen molar-refractivity contribution in [1.29, 1.82) is 0 Å². The van der Waals surface area contributed by atoms with Crippen molar-refractivity contribution < 1.29 is 16.5 Å². The van der Waals surface area contributed by atoms with Crippen molar-refractivity contribution in [2.24, 2.45) is 0 Å². The summed E-state index contributed by atoms with van der Waals surface area (Å²) >= 11 is 2.21.